The van der Waals surface area contributed by atoms with Crippen LogP contribution in [-0.2, 0) is 7.05 Å². The zero-order valence-electron chi connectivity index (χ0n) is 11.1. The third-order valence-electron chi connectivity index (χ3n) is 3.29. The maximum atomic E-state index is 10.1. The van der Waals surface area contributed by atoms with E-state index in [9.17, 15) is 5.11 Å². The highest BCUT2D eigenvalue weighted by atomic mass is 35.5. The van der Waals surface area contributed by atoms with E-state index in [0.717, 1.165) is 11.0 Å². The van der Waals surface area contributed by atoms with Gasteiger partial charge in [-0.05, 0) is 30.3 Å². The highest BCUT2D eigenvalue weighted by Gasteiger charge is 2.15. The van der Waals surface area contributed by atoms with Crippen molar-refractivity contribution in [2.45, 2.75) is 0 Å². The number of aromatic hydroxyl groups is 1. The van der Waals surface area contributed by atoms with Crippen LogP contribution < -0.4 is 4.74 Å². The van der Waals surface area contributed by atoms with E-state index < -0.39 is 0 Å². The van der Waals surface area contributed by atoms with Gasteiger partial charge in [-0.1, -0.05) is 17.7 Å². The Morgan fingerprint density at radius 3 is 2.75 bits per heavy atom. The molecule has 2 aromatic carbocycles. The summed E-state index contributed by atoms with van der Waals surface area (Å²) in [5.41, 5.74) is 2.24. The lowest BCUT2D eigenvalue weighted by molar-refractivity contribution is 0.412. The number of nitrogens with zero attached hydrogens (tertiary/aromatic N) is 2. The van der Waals surface area contributed by atoms with Crippen LogP contribution in [0, 0.1) is 0 Å². The van der Waals surface area contributed by atoms with Crippen molar-refractivity contribution < 1.29 is 9.84 Å². The Kier molecular flexibility index (Phi) is 3.03. The fourth-order valence-corrected chi connectivity index (χ4v) is 2.58. The molecule has 102 valence electrons. The molecular weight excluding hydrogens is 276 g/mol. The zero-order chi connectivity index (χ0) is 14.3. The maximum Gasteiger partial charge on any atom is 0.144 e. The van der Waals surface area contributed by atoms with Gasteiger partial charge in [0, 0.05) is 7.05 Å². The number of phenols is 1. The summed E-state index contributed by atoms with van der Waals surface area (Å²) in [5, 5.41) is 10.7. The number of hydrogen-bond donors (Lipinski definition) is 1. The average molecular weight is 289 g/mol. The van der Waals surface area contributed by atoms with Gasteiger partial charge in [0.05, 0.1) is 28.7 Å². The third kappa shape index (κ3) is 1.89. The lowest BCUT2D eigenvalue weighted by atomic mass is 10.2. The van der Waals surface area contributed by atoms with Crippen molar-refractivity contribution in [2.75, 3.05) is 7.11 Å². The molecule has 5 heteroatoms. The molecule has 0 bridgehead atoms. The predicted octanol–water partition coefficient (Wildman–Crippen LogP) is 3.61. The van der Waals surface area contributed by atoms with Crippen LogP contribution in [0.3, 0.4) is 0 Å². The molecule has 4 nitrogen and oxygen atoms in total. The SMILES string of the molecule is COc1ccc(O)c(-c2nc3cccc(Cl)c3n2C)c1. The standard InChI is InChI=1S/C15H13ClN2O2/c1-18-14-11(16)4-3-5-12(14)17-15(18)10-8-9(20-2)6-7-13(10)19/h3-8,19H,1-2H3. The van der Waals surface area contributed by atoms with E-state index in [1.54, 1.807) is 25.3 Å². The van der Waals surface area contributed by atoms with Crippen LogP contribution in [0.5, 0.6) is 11.5 Å². The predicted molar refractivity (Wildman–Crippen MR) is 79.4 cm³/mol. The average Bonchev–Trinajstić information content (AvgIpc) is 2.78. The zero-order valence-corrected chi connectivity index (χ0v) is 11.8. The van der Waals surface area contributed by atoms with E-state index >= 15 is 0 Å². The summed E-state index contributed by atoms with van der Waals surface area (Å²) in [6.45, 7) is 0. The summed E-state index contributed by atoms with van der Waals surface area (Å²) < 4.78 is 7.06. The van der Waals surface area contributed by atoms with Crippen LogP contribution in [0.15, 0.2) is 36.4 Å². The molecule has 1 heterocycles. The first-order chi connectivity index (χ1) is 9.61. The Labute approximate surface area is 121 Å². The van der Waals surface area contributed by atoms with Crippen LogP contribution in [0.25, 0.3) is 22.4 Å². The number of para-hydroxylation sites is 1. The number of fused-ring (bicyclic) bond motifs is 1. The first kappa shape index (κ1) is 12.8. The van der Waals surface area contributed by atoms with Crippen LogP contribution in [0.4, 0.5) is 0 Å². The highest BCUT2D eigenvalue weighted by Crippen LogP contribution is 2.35. The number of hydrogen-bond acceptors (Lipinski definition) is 3. The molecule has 0 spiro atoms. The number of benzene rings is 2. The summed E-state index contributed by atoms with van der Waals surface area (Å²) >= 11 is 6.21. The Bertz CT molecular complexity index is 796. The Hall–Kier alpha value is -2.20. The quantitative estimate of drug-likeness (QED) is 0.783. The molecule has 0 amide bonds. The second kappa shape index (κ2) is 4.72. The second-order valence-corrected chi connectivity index (χ2v) is 4.89. The summed E-state index contributed by atoms with van der Waals surface area (Å²) in [7, 11) is 3.46. The summed E-state index contributed by atoms with van der Waals surface area (Å²) in [6, 6.07) is 10.6. The molecule has 20 heavy (non-hydrogen) atoms. The number of halogens is 1. The maximum absolute atomic E-state index is 10.1. The van der Waals surface area contributed by atoms with Crippen LogP contribution in [-0.4, -0.2) is 21.8 Å². The van der Waals surface area contributed by atoms with Gasteiger partial charge in [-0.3, -0.25) is 0 Å². The van der Waals surface area contributed by atoms with E-state index in [-0.39, 0.29) is 5.75 Å². The van der Waals surface area contributed by atoms with Gasteiger partial charge in [-0.15, -0.1) is 0 Å². The van der Waals surface area contributed by atoms with Gasteiger partial charge in [0.1, 0.15) is 17.3 Å². The molecule has 0 fully saturated rings. The number of rotatable bonds is 2. The summed E-state index contributed by atoms with van der Waals surface area (Å²) in [4.78, 5) is 4.54. The van der Waals surface area contributed by atoms with Gasteiger partial charge in [-0.2, -0.15) is 0 Å². The Morgan fingerprint density at radius 1 is 1.25 bits per heavy atom. The fraction of sp³-hybridized carbons (Fsp3) is 0.133. The van der Waals surface area contributed by atoms with Crippen molar-refractivity contribution in [3.05, 3.63) is 41.4 Å². The minimum absolute atomic E-state index is 0.153. The van der Waals surface area contributed by atoms with Crippen molar-refractivity contribution in [1.29, 1.82) is 0 Å². The molecule has 0 unspecified atom stereocenters. The third-order valence-corrected chi connectivity index (χ3v) is 3.59. The van der Waals surface area contributed by atoms with Gasteiger partial charge >= 0.3 is 0 Å². The van der Waals surface area contributed by atoms with E-state index in [2.05, 4.69) is 4.98 Å². The van der Waals surface area contributed by atoms with E-state index in [4.69, 9.17) is 16.3 Å². The number of methoxy groups -OCH3 is 1. The molecule has 0 radical (unpaired) electrons. The Balaban J connectivity index is 2.30. The molecule has 0 atom stereocenters. The van der Waals surface area contributed by atoms with Crippen molar-refractivity contribution >= 4 is 22.6 Å². The first-order valence-corrected chi connectivity index (χ1v) is 6.48. The largest absolute Gasteiger partial charge is 0.507 e. The second-order valence-electron chi connectivity index (χ2n) is 4.49. The van der Waals surface area contributed by atoms with Crippen molar-refractivity contribution in [3.63, 3.8) is 0 Å². The lowest BCUT2D eigenvalue weighted by Gasteiger charge is -2.07. The van der Waals surface area contributed by atoms with E-state index in [1.807, 2.05) is 29.8 Å². The minimum Gasteiger partial charge on any atom is -0.507 e. The molecule has 1 aromatic heterocycles. The van der Waals surface area contributed by atoms with Gasteiger partial charge < -0.3 is 14.4 Å². The molecular formula is C15H13ClN2O2. The van der Waals surface area contributed by atoms with Crippen molar-refractivity contribution in [3.8, 4) is 22.9 Å². The number of phenolic OH excluding ortho intramolecular Hbond substituents is 1. The monoisotopic (exact) mass is 288 g/mol. The van der Waals surface area contributed by atoms with Crippen LogP contribution in [0.1, 0.15) is 0 Å². The molecule has 0 saturated heterocycles. The number of aromatic nitrogens is 2. The van der Waals surface area contributed by atoms with Gasteiger partial charge in [0.25, 0.3) is 0 Å². The molecule has 3 aromatic rings. The van der Waals surface area contributed by atoms with Crippen LogP contribution >= 0.6 is 11.6 Å². The first-order valence-electron chi connectivity index (χ1n) is 6.10. The summed E-state index contributed by atoms with van der Waals surface area (Å²) in [5.74, 6) is 1.46. The molecule has 3 rings (SSSR count). The summed E-state index contributed by atoms with van der Waals surface area (Å²) in [6.07, 6.45) is 0. The van der Waals surface area contributed by atoms with Gasteiger partial charge in [-0.25, -0.2) is 4.98 Å². The topological polar surface area (TPSA) is 47.3 Å². The van der Waals surface area contributed by atoms with Crippen molar-refractivity contribution in [1.82, 2.24) is 9.55 Å². The van der Waals surface area contributed by atoms with E-state index in [1.165, 1.54) is 0 Å². The van der Waals surface area contributed by atoms with Gasteiger partial charge in [0.15, 0.2) is 0 Å². The molecule has 0 aliphatic heterocycles. The minimum atomic E-state index is 0.153. The smallest absolute Gasteiger partial charge is 0.144 e. The van der Waals surface area contributed by atoms with Crippen molar-refractivity contribution in [2.24, 2.45) is 7.05 Å². The number of imidazole rings is 1. The van der Waals surface area contributed by atoms with Crippen LogP contribution in [0.2, 0.25) is 5.02 Å². The normalized spacial score (nSPS) is 10.9. The molecule has 0 saturated carbocycles. The number of aryl methyl sites for hydroxylation is 1. The number of ether oxygens (including phenoxy) is 1. The fourth-order valence-electron chi connectivity index (χ4n) is 2.28. The Morgan fingerprint density at radius 2 is 2.05 bits per heavy atom. The highest BCUT2D eigenvalue weighted by molar-refractivity contribution is 6.35. The molecule has 0 aliphatic rings. The van der Waals surface area contributed by atoms with E-state index in [0.29, 0.717) is 22.2 Å². The molecule has 0 aliphatic carbocycles. The lowest BCUT2D eigenvalue weighted by Crippen LogP contribution is -1.94. The molecule has 1 N–H and O–H groups in total. The van der Waals surface area contributed by atoms with Gasteiger partial charge in [0.2, 0.25) is 0 Å².